The average Bonchev–Trinajstić information content (AvgIpc) is 3.42. The molecule has 1 fully saturated rings. The second-order valence-electron chi connectivity index (χ2n) is 8.73. The number of piperazine rings is 1. The molecule has 32 heavy (non-hydrogen) atoms. The summed E-state index contributed by atoms with van der Waals surface area (Å²) in [6, 6.07) is 12.1. The molecule has 0 amide bonds. The second kappa shape index (κ2) is 7.41. The van der Waals surface area contributed by atoms with E-state index in [2.05, 4.69) is 46.2 Å². The Morgan fingerprint density at radius 1 is 1.06 bits per heavy atom. The number of nitrogens with zero attached hydrogens (tertiary/aromatic N) is 2. The fourth-order valence-electron chi connectivity index (χ4n) is 4.31. The summed E-state index contributed by atoms with van der Waals surface area (Å²) in [5.74, 6) is 0.849. The average molecular weight is 440 g/mol. The highest BCUT2D eigenvalue weighted by Crippen LogP contribution is 2.38. The summed E-state index contributed by atoms with van der Waals surface area (Å²) in [7, 11) is 0. The highest BCUT2D eigenvalue weighted by atomic mass is 19.4. The lowest BCUT2D eigenvalue weighted by Crippen LogP contribution is -2.57. The van der Waals surface area contributed by atoms with Gasteiger partial charge in [0.15, 0.2) is 5.76 Å². The Morgan fingerprint density at radius 3 is 2.56 bits per heavy atom. The van der Waals surface area contributed by atoms with Crippen molar-refractivity contribution in [2.24, 2.45) is 0 Å². The Labute approximate surface area is 183 Å². The number of halogens is 3. The Kier molecular flexibility index (Phi) is 4.78. The van der Waals surface area contributed by atoms with Crippen LogP contribution in [0.5, 0.6) is 0 Å². The number of H-pyrrole nitrogens is 1. The van der Waals surface area contributed by atoms with Crippen LogP contribution < -0.4 is 10.2 Å². The maximum Gasteiger partial charge on any atom is 0.418 e. The summed E-state index contributed by atoms with van der Waals surface area (Å²) in [5.41, 5.74) is 1.89. The lowest BCUT2D eigenvalue weighted by molar-refractivity contribution is -0.136. The molecule has 0 bridgehead atoms. The molecular weight excluding hydrogens is 417 g/mol. The minimum atomic E-state index is -4.44. The van der Waals surface area contributed by atoms with Crippen LogP contribution in [0.15, 0.2) is 59.3 Å². The molecule has 1 saturated heterocycles. The maximum absolute atomic E-state index is 13.3. The van der Waals surface area contributed by atoms with Gasteiger partial charge in [0.2, 0.25) is 5.89 Å². The van der Waals surface area contributed by atoms with Gasteiger partial charge < -0.3 is 19.6 Å². The number of rotatable bonds is 3. The number of fused-ring (bicyclic) bond motifs is 1. The number of hydrogen-bond acceptors (Lipinski definition) is 4. The van der Waals surface area contributed by atoms with E-state index in [-0.39, 0.29) is 16.9 Å². The molecule has 2 aromatic heterocycles. The van der Waals surface area contributed by atoms with E-state index in [1.807, 2.05) is 12.1 Å². The number of alkyl halides is 3. The lowest BCUT2D eigenvalue weighted by Gasteiger charge is -2.40. The summed E-state index contributed by atoms with van der Waals surface area (Å²) in [5, 5.41) is 3.93. The van der Waals surface area contributed by atoms with E-state index in [1.54, 1.807) is 12.3 Å². The predicted molar refractivity (Wildman–Crippen MR) is 119 cm³/mol. The quantitative estimate of drug-likeness (QED) is 0.429. The minimum Gasteiger partial charge on any atom is -0.436 e. The predicted octanol–water partition coefficient (Wildman–Crippen LogP) is 5.70. The fraction of sp³-hybridized carbons (Fsp3) is 0.292. The first kappa shape index (κ1) is 20.6. The molecular formula is C24H23F3N4O. The number of anilines is 1. The van der Waals surface area contributed by atoms with E-state index in [1.165, 1.54) is 12.3 Å². The van der Waals surface area contributed by atoms with E-state index in [0.29, 0.717) is 16.7 Å². The van der Waals surface area contributed by atoms with Gasteiger partial charge in [-0.3, -0.25) is 0 Å². The van der Waals surface area contributed by atoms with Crippen molar-refractivity contribution in [1.82, 2.24) is 15.3 Å². The molecule has 0 aliphatic carbocycles. The van der Waals surface area contributed by atoms with Crippen LogP contribution >= 0.6 is 0 Å². The van der Waals surface area contributed by atoms with E-state index >= 15 is 0 Å². The lowest BCUT2D eigenvalue weighted by atomic mass is 10.0. The second-order valence-corrected chi connectivity index (χ2v) is 8.73. The molecule has 1 aliphatic rings. The monoisotopic (exact) mass is 440 g/mol. The Balaban J connectivity index is 1.43. The van der Waals surface area contributed by atoms with E-state index < -0.39 is 11.7 Å². The first-order chi connectivity index (χ1) is 15.2. The van der Waals surface area contributed by atoms with Gasteiger partial charge in [-0.25, -0.2) is 4.98 Å². The van der Waals surface area contributed by atoms with Crippen molar-refractivity contribution >= 4 is 16.6 Å². The smallest absolute Gasteiger partial charge is 0.418 e. The molecule has 3 heterocycles. The molecule has 166 valence electrons. The highest BCUT2D eigenvalue weighted by molar-refractivity contribution is 5.95. The summed E-state index contributed by atoms with van der Waals surface area (Å²) in [6.07, 6.45) is -1.34. The zero-order valence-corrected chi connectivity index (χ0v) is 17.8. The van der Waals surface area contributed by atoms with E-state index in [0.717, 1.165) is 37.0 Å². The Morgan fingerprint density at radius 2 is 1.84 bits per heavy atom. The van der Waals surface area contributed by atoms with Crippen LogP contribution in [0.25, 0.3) is 33.7 Å². The van der Waals surface area contributed by atoms with Crippen molar-refractivity contribution in [3.05, 3.63) is 60.4 Å². The third kappa shape index (κ3) is 3.75. The van der Waals surface area contributed by atoms with Crippen molar-refractivity contribution in [2.45, 2.75) is 25.6 Å². The molecule has 5 rings (SSSR count). The van der Waals surface area contributed by atoms with E-state index in [4.69, 9.17) is 4.42 Å². The van der Waals surface area contributed by atoms with Crippen LogP contribution in [-0.2, 0) is 6.18 Å². The fourth-order valence-corrected chi connectivity index (χ4v) is 4.31. The number of oxazole rings is 1. The van der Waals surface area contributed by atoms with Crippen molar-refractivity contribution in [1.29, 1.82) is 0 Å². The van der Waals surface area contributed by atoms with Crippen LogP contribution in [-0.4, -0.2) is 35.1 Å². The van der Waals surface area contributed by atoms with Gasteiger partial charge in [-0.1, -0.05) is 0 Å². The van der Waals surface area contributed by atoms with Crippen molar-refractivity contribution in [3.63, 3.8) is 0 Å². The van der Waals surface area contributed by atoms with Gasteiger partial charge in [-0.15, -0.1) is 0 Å². The minimum absolute atomic E-state index is 0.0260. The molecule has 0 unspecified atom stereocenters. The highest BCUT2D eigenvalue weighted by Gasteiger charge is 2.34. The van der Waals surface area contributed by atoms with Crippen LogP contribution in [0.4, 0.5) is 18.9 Å². The molecule has 5 nitrogen and oxygen atoms in total. The van der Waals surface area contributed by atoms with Crippen LogP contribution in [0.1, 0.15) is 19.4 Å². The zero-order valence-electron chi connectivity index (χ0n) is 17.8. The first-order valence-corrected chi connectivity index (χ1v) is 10.5. The molecule has 2 aromatic carbocycles. The van der Waals surface area contributed by atoms with Gasteiger partial charge >= 0.3 is 6.18 Å². The molecule has 0 atom stereocenters. The Bertz CT molecular complexity index is 1250. The third-order valence-electron chi connectivity index (χ3n) is 5.85. The van der Waals surface area contributed by atoms with E-state index in [9.17, 15) is 13.2 Å². The summed E-state index contributed by atoms with van der Waals surface area (Å²) in [6.45, 7) is 7.16. The third-order valence-corrected chi connectivity index (χ3v) is 5.85. The maximum atomic E-state index is 13.3. The molecule has 0 radical (unpaired) electrons. The number of aromatic amines is 1. The summed E-state index contributed by atoms with van der Waals surface area (Å²) < 4.78 is 45.8. The number of nitrogens with one attached hydrogen (secondary N) is 2. The van der Waals surface area contributed by atoms with Gasteiger partial charge in [0.1, 0.15) is 0 Å². The standard InChI is InChI=1S/C24H23F3N4O/c1-23(2)14-31(12-11-30-23)16-5-3-15(4-6-16)20-13-29-22(32-20)18-7-8-19(24(25,26)27)21-17(18)9-10-28-21/h3-10,13,28,30H,11-12,14H2,1-2H3. The molecule has 4 aromatic rings. The van der Waals surface area contributed by atoms with Crippen molar-refractivity contribution in [2.75, 3.05) is 24.5 Å². The first-order valence-electron chi connectivity index (χ1n) is 10.5. The molecule has 0 saturated carbocycles. The van der Waals surface area contributed by atoms with Gasteiger partial charge in [0.05, 0.1) is 17.3 Å². The van der Waals surface area contributed by atoms with Crippen LogP contribution in [0.3, 0.4) is 0 Å². The molecule has 2 N–H and O–H groups in total. The van der Waals surface area contributed by atoms with Gasteiger partial charge in [-0.05, 0) is 56.3 Å². The summed E-state index contributed by atoms with van der Waals surface area (Å²) >= 11 is 0. The van der Waals surface area contributed by atoms with Crippen LogP contribution in [0, 0.1) is 0 Å². The number of hydrogen-bond donors (Lipinski definition) is 2. The van der Waals surface area contributed by atoms with Gasteiger partial charge in [0, 0.05) is 53.6 Å². The van der Waals surface area contributed by atoms with Crippen molar-refractivity contribution in [3.8, 4) is 22.8 Å². The van der Waals surface area contributed by atoms with Gasteiger partial charge in [0.25, 0.3) is 0 Å². The summed E-state index contributed by atoms with van der Waals surface area (Å²) in [4.78, 5) is 9.37. The largest absolute Gasteiger partial charge is 0.436 e. The zero-order chi connectivity index (χ0) is 22.5. The number of benzene rings is 2. The van der Waals surface area contributed by atoms with Crippen LogP contribution in [0.2, 0.25) is 0 Å². The molecule has 8 heteroatoms. The van der Waals surface area contributed by atoms with Crippen molar-refractivity contribution < 1.29 is 17.6 Å². The molecule has 0 spiro atoms. The normalized spacial score (nSPS) is 16.6. The SMILES string of the molecule is CC1(C)CN(c2ccc(-c3cnc(-c4ccc(C(F)(F)F)c5[nH]ccc45)o3)cc2)CCN1. The van der Waals surface area contributed by atoms with Gasteiger partial charge in [-0.2, -0.15) is 13.2 Å². The Hall–Kier alpha value is -3.26. The number of aromatic nitrogens is 2. The molecule has 1 aliphatic heterocycles. The topological polar surface area (TPSA) is 57.1 Å².